The smallest absolute Gasteiger partial charge is 0.322 e. The molecule has 0 amide bonds. The van der Waals surface area contributed by atoms with Gasteiger partial charge in [-0.3, -0.25) is 4.79 Å². The Balaban J connectivity index is 0. The quantitative estimate of drug-likeness (QED) is 0.793. The summed E-state index contributed by atoms with van der Waals surface area (Å²) in [6.45, 7) is 3.75. The molecule has 0 fully saturated rings. The van der Waals surface area contributed by atoms with Crippen molar-refractivity contribution >= 4 is 18.4 Å². The van der Waals surface area contributed by atoms with Gasteiger partial charge < -0.3 is 10.5 Å². The van der Waals surface area contributed by atoms with E-state index in [1.54, 1.807) is 13.8 Å². The third kappa shape index (κ3) is 10.9. The lowest BCUT2D eigenvalue weighted by Crippen LogP contribution is -2.28. The van der Waals surface area contributed by atoms with E-state index < -0.39 is 6.04 Å². The second-order valence-corrected chi connectivity index (χ2v) is 2.70. The van der Waals surface area contributed by atoms with E-state index in [1.807, 2.05) is 36.4 Å². The van der Waals surface area contributed by atoms with Gasteiger partial charge in [0.2, 0.25) is 0 Å². The van der Waals surface area contributed by atoms with Gasteiger partial charge in [-0.05, 0) is 13.8 Å². The highest BCUT2D eigenvalue weighted by atomic mass is 35.5. The number of esters is 1. The van der Waals surface area contributed by atoms with Crippen molar-refractivity contribution in [2.45, 2.75) is 19.9 Å². The van der Waals surface area contributed by atoms with Gasteiger partial charge in [0, 0.05) is 0 Å². The molecule has 0 heterocycles. The van der Waals surface area contributed by atoms with E-state index in [9.17, 15) is 4.79 Å². The first-order valence-corrected chi connectivity index (χ1v) is 4.60. The molecule has 2 N–H and O–H groups in total. The lowest BCUT2D eigenvalue weighted by molar-refractivity contribution is -0.144. The SMILES string of the molecule is CCOC(=O)C(C)N.Cl.c1ccccc1. The summed E-state index contributed by atoms with van der Waals surface area (Å²) in [6, 6.07) is 11.5. The van der Waals surface area contributed by atoms with Gasteiger partial charge in [0.15, 0.2) is 0 Å². The summed E-state index contributed by atoms with van der Waals surface area (Å²) in [7, 11) is 0. The van der Waals surface area contributed by atoms with E-state index in [-0.39, 0.29) is 18.4 Å². The molecule has 1 rings (SSSR count). The number of nitrogens with two attached hydrogens (primary N) is 1. The van der Waals surface area contributed by atoms with E-state index in [0.29, 0.717) is 6.61 Å². The Kier molecular flexibility index (Phi) is 12.0. The highest BCUT2D eigenvalue weighted by Gasteiger charge is 2.05. The van der Waals surface area contributed by atoms with E-state index in [2.05, 4.69) is 4.74 Å². The highest BCUT2D eigenvalue weighted by molar-refractivity contribution is 5.85. The Morgan fingerprint density at radius 3 is 1.67 bits per heavy atom. The molecule has 1 atom stereocenters. The average Bonchev–Trinajstić information content (AvgIpc) is 2.21. The third-order valence-corrected chi connectivity index (χ3v) is 1.33. The van der Waals surface area contributed by atoms with E-state index >= 15 is 0 Å². The lowest BCUT2D eigenvalue weighted by atomic mass is 10.4. The monoisotopic (exact) mass is 231 g/mol. The molecule has 1 aromatic rings. The van der Waals surface area contributed by atoms with Crippen LogP contribution in [0.25, 0.3) is 0 Å². The highest BCUT2D eigenvalue weighted by Crippen LogP contribution is 1.81. The maximum absolute atomic E-state index is 10.4. The second-order valence-electron chi connectivity index (χ2n) is 2.70. The molecular formula is C11H18ClNO2. The average molecular weight is 232 g/mol. The van der Waals surface area contributed by atoms with Crippen LogP contribution in [0.3, 0.4) is 0 Å². The second kappa shape index (κ2) is 11.0. The first kappa shape index (κ1) is 16.4. The van der Waals surface area contributed by atoms with Gasteiger partial charge in [0.25, 0.3) is 0 Å². The van der Waals surface area contributed by atoms with Crippen molar-refractivity contribution in [2.75, 3.05) is 6.61 Å². The maximum atomic E-state index is 10.4. The summed E-state index contributed by atoms with van der Waals surface area (Å²) in [5, 5.41) is 0. The zero-order valence-electron chi connectivity index (χ0n) is 9.05. The molecule has 1 unspecified atom stereocenters. The zero-order valence-corrected chi connectivity index (χ0v) is 9.87. The van der Waals surface area contributed by atoms with Crippen LogP contribution in [0.4, 0.5) is 0 Å². The molecule has 0 aliphatic rings. The standard InChI is InChI=1S/C6H6.C5H11NO2.ClH/c1-2-4-6-5-3-1;1-3-8-5(7)4(2)6;/h1-6H;4H,3,6H2,1-2H3;1H. The van der Waals surface area contributed by atoms with E-state index in [1.165, 1.54) is 0 Å². The fourth-order valence-corrected chi connectivity index (χ4v) is 0.659. The molecule has 0 bridgehead atoms. The Morgan fingerprint density at radius 1 is 1.20 bits per heavy atom. The fourth-order valence-electron chi connectivity index (χ4n) is 0.659. The van der Waals surface area contributed by atoms with Crippen LogP contribution in [-0.2, 0) is 9.53 Å². The van der Waals surface area contributed by atoms with Crippen LogP contribution >= 0.6 is 12.4 Å². The third-order valence-electron chi connectivity index (χ3n) is 1.33. The van der Waals surface area contributed by atoms with Crippen molar-refractivity contribution in [3.8, 4) is 0 Å². The summed E-state index contributed by atoms with van der Waals surface area (Å²) in [5.74, 6) is -0.340. The minimum Gasteiger partial charge on any atom is -0.465 e. The van der Waals surface area contributed by atoms with Crippen molar-refractivity contribution in [2.24, 2.45) is 5.73 Å². The first-order valence-electron chi connectivity index (χ1n) is 4.60. The lowest BCUT2D eigenvalue weighted by Gasteiger charge is -2.02. The summed E-state index contributed by atoms with van der Waals surface area (Å²) in [6.07, 6.45) is 0. The van der Waals surface area contributed by atoms with Crippen molar-refractivity contribution in [3.05, 3.63) is 36.4 Å². The Morgan fingerprint density at radius 2 is 1.53 bits per heavy atom. The fraction of sp³-hybridized carbons (Fsp3) is 0.364. The molecule has 15 heavy (non-hydrogen) atoms. The molecular weight excluding hydrogens is 214 g/mol. The number of ether oxygens (including phenoxy) is 1. The molecule has 3 nitrogen and oxygen atoms in total. The van der Waals surface area contributed by atoms with Crippen LogP contribution < -0.4 is 5.73 Å². The minimum absolute atomic E-state index is 0. The van der Waals surface area contributed by atoms with Gasteiger partial charge in [0.1, 0.15) is 6.04 Å². The molecule has 0 aromatic heterocycles. The summed E-state index contributed by atoms with van der Waals surface area (Å²) in [5.41, 5.74) is 5.15. The Hall–Kier alpha value is -1.06. The van der Waals surface area contributed by atoms with Crippen molar-refractivity contribution in [3.63, 3.8) is 0 Å². The van der Waals surface area contributed by atoms with Gasteiger partial charge in [-0.25, -0.2) is 0 Å². The number of halogens is 1. The predicted molar refractivity (Wildman–Crippen MR) is 64.0 cm³/mol. The van der Waals surface area contributed by atoms with Gasteiger partial charge in [-0.2, -0.15) is 0 Å². The van der Waals surface area contributed by atoms with E-state index in [0.717, 1.165) is 0 Å². The van der Waals surface area contributed by atoms with Crippen LogP contribution in [0.15, 0.2) is 36.4 Å². The normalized spacial score (nSPS) is 10.1. The minimum atomic E-state index is -0.491. The molecule has 0 saturated carbocycles. The predicted octanol–water partition coefficient (Wildman–Crippen LogP) is 2.01. The van der Waals surface area contributed by atoms with Gasteiger partial charge >= 0.3 is 5.97 Å². The number of carbonyl (C=O) groups is 1. The largest absolute Gasteiger partial charge is 0.465 e. The summed E-state index contributed by atoms with van der Waals surface area (Å²) in [4.78, 5) is 10.4. The van der Waals surface area contributed by atoms with Crippen molar-refractivity contribution < 1.29 is 9.53 Å². The molecule has 0 aliphatic carbocycles. The van der Waals surface area contributed by atoms with Crippen LogP contribution in [0, 0.1) is 0 Å². The van der Waals surface area contributed by atoms with Crippen LogP contribution in [0.5, 0.6) is 0 Å². The molecule has 0 radical (unpaired) electrons. The molecule has 4 heteroatoms. The molecule has 0 spiro atoms. The number of carbonyl (C=O) groups excluding carboxylic acids is 1. The topological polar surface area (TPSA) is 52.3 Å². The van der Waals surface area contributed by atoms with Crippen molar-refractivity contribution in [1.29, 1.82) is 0 Å². The van der Waals surface area contributed by atoms with Crippen LogP contribution in [0.2, 0.25) is 0 Å². The van der Waals surface area contributed by atoms with E-state index in [4.69, 9.17) is 5.73 Å². The first-order chi connectivity index (χ1) is 6.68. The number of benzene rings is 1. The Bertz CT molecular complexity index is 213. The number of hydrogen-bond acceptors (Lipinski definition) is 3. The zero-order chi connectivity index (χ0) is 10.8. The van der Waals surface area contributed by atoms with Crippen LogP contribution in [0.1, 0.15) is 13.8 Å². The van der Waals surface area contributed by atoms with Gasteiger partial charge in [0.05, 0.1) is 6.61 Å². The molecule has 0 aliphatic heterocycles. The summed E-state index contributed by atoms with van der Waals surface area (Å²) < 4.78 is 4.54. The molecule has 86 valence electrons. The van der Waals surface area contributed by atoms with Gasteiger partial charge in [-0.15, -0.1) is 12.4 Å². The Labute approximate surface area is 97.0 Å². The number of hydrogen-bond donors (Lipinski definition) is 1. The molecule has 0 saturated heterocycles. The number of rotatable bonds is 2. The summed E-state index contributed by atoms with van der Waals surface area (Å²) >= 11 is 0. The van der Waals surface area contributed by atoms with Crippen LogP contribution in [-0.4, -0.2) is 18.6 Å². The van der Waals surface area contributed by atoms with Crippen molar-refractivity contribution in [1.82, 2.24) is 0 Å². The van der Waals surface area contributed by atoms with Gasteiger partial charge in [-0.1, -0.05) is 36.4 Å². The molecule has 1 aromatic carbocycles. The maximum Gasteiger partial charge on any atom is 0.322 e.